The molecule has 1 aromatic carbocycles. The monoisotopic (exact) mass is 219 g/mol. The fraction of sp³-hybridized carbons (Fsp3) is 0.462. The third-order valence-corrected chi connectivity index (χ3v) is 3.26. The van der Waals surface area contributed by atoms with E-state index in [1.807, 2.05) is 25.2 Å². The number of likely N-dealkylation sites (N-methyl/N-ethyl adjacent to an activating group) is 1. The van der Waals surface area contributed by atoms with Gasteiger partial charge in [0.25, 0.3) is 0 Å². The van der Waals surface area contributed by atoms with Crippen LogP contribution in [0.4, 0.5) is 0 Å². The molecule has 0 aliphatic carbocycles. The lowest BCUT2D eigenvalue weighted by atomic mass is 9.89. The van der Waals surface area contributed by atoms with Crippen LogP contribution in [0.2, 0.25) is 0 Å². The van der Waals surface area contributed by atoms with Crippen molar-refractivity contribution in [1.82, 2.24) is 4.90 Å². The highest BCUT2D eigenvalue weighted by atomic mass is 16.5. The van der Waals surface area contributed by atoms with E-state index >= 15 is 0 Å². The Morgan fingerprint density at radius 3 is 2.81 bits per heavy atom. The molecule has 1 aliphatic heterocycles. The number of para-hydroxylation sites is 1. The summed E-state index contributed by atoms with van der Waals surface area (Å²) in [5.41, 5.74) is 1.14. The maximum atomic E-state index is 11.1. The molecular formula is C13H17NO2. The summed E-state index contributed by atoms with van der Waals surface area (Å²) in [6, 6.07) is 7.96. The third-order valence-electron chi connectivity index (χ3n) is 3.26. The standard InChI is InChI=1S/C13H17NO2/c1-14-7-10(9-15)12(8-14)11-5-3-4-6-13(11)16-2/h3-6,9-10,12H,7-8H2,1-2H3/t10-,12+/m1/s1. The minimum absolute atomic E-state index is 0.0845. The summed E-state index contributed by atoms with van der Waals surface area (Å²) >= 11 is 0. The topological polar surface area (TPSA) is 29.5 Å². The predicted molar refractivity (Wildman–Crippen MR) is 62.8 cm³/mol. The fourth-order valence-corrected chi connectivity index (χ4v) is 2.47. The minimum Gasteiger partial charge on any atom is -0.496 e. The summed E-state index contributed by atoms with van der Waals surface area (Å²) in [4.78, 5) is 13.3. The number of carbonyl (C=O) groups excluding carboxylic acids is 1. The second kappa shape index (κ2) is 4.66. The van der Waals surface area contributed by atoms with Gasteiger partial charge in [-0.15, -0.1) is 0 Å². The van der Waals surface area contributed by atoms with Gasteiger partial charge in [-0.2, -0.15) is 0 Å². The molecule has 16 heavy (non-hydrogen) atoms. The Kier molecular flexibility index (Phi) is 3.25. The molecule has 2 atom stereocenters. The molecule has 1 aliphatic rings. The fourth-order valence-electron chi connectivity index (χ4n) is 2.47. The maximum absolute atomic E-state index is 11.1. The Labute approximate surface area is 96.0 Å². The molecule has 1 fully saturated rings. The quantitative estimate of drug-likeness (QED) is 0.722. The van der Waals surface area contributed by atoms with Crippen molar-refractivity contribution in [1.29, 1.82) is 0 Å². The largest absolute Gasteiger partial charge is 0.496 e. The molecule has 3 nitrogen and oxygen atoms in total. The highest BCUT2D eigenvalue weighted by Gasteiger charge is 2.33. The molecule has 0 aromatic heterocycles. The van der Waals surface area contributed by atoms with Gasteiger partial charge in [0.2, 0.25) is 0 Å². The molecule has 1 saturated heterocycles. The summed E-state index contributed by atoms with van der Waals surface area (Å²) in [6.07, 6.45) is 1.07. The summed E-state index contributed by atoms with van der Waals surface area (Å²) in [6.45, 7) is 1.76. The molecule has 0 unspecified atom stereocenters. The van der Waals surface area contributed by atoms with Gasteiger partial charge in [0.05, 0.1) is 7.11 Å². The van der Waals surface area contributed by atoms with E-state index in [1.54, 1.807) is 7.11 Å². The number of hydrogen-bond acceptors (Lipinski definition) is 3. The van der Waals surface area contributed by atoms with Crippen molar-refractivity contribution >= 4 is 6.29 Å². The molecule has 2 rings (SSSR count). The van der Waals surface area contributed by atoms with E-state index in [1.165, 1.54) is 0 Å². The molecule has 1 heterocycles. The van der Waals surface area contributed by atoms with Crippen LogP contribution in [0.15, 0.2) is 24.3 Å². The highest BCUT2D eigenvalue weighted by molar-refractivity contribution is 5.58. The Hall–Kier alpha value is -1.35. The zero-order chi connectivity index (χ0) is 11.5. The van der Waals surface area contributed by atoms with Gasteiger partial charge < -0.3 is 14.4 Å². The van der Waals surface area contributed by atoms with Crippen LogP contribution in [-0.2, 0) is 4.79 Å². The van der Waals surface area contributed by atoms with Crippen molar-refractivity contribution in [2.45, 2.75) is 5.92 Å². The van der Waals surface area contributed by atoms with Crippen molar-refractivity contribution in [3.63, 3.8) is 0 Å². The average Bonchev–Trinajstić information content (AvgIpc) is 2.70. The molecule has 86 valence electrons. The molecule has 1 aromatic rings. The Balaban J connectivity index is 2.32. The van der Waals surface area contributed by atoms with Crippen LogP contribution < -0.4 is 4.74 Å². The number of rotatable bonds is 3. The molecule has 3 heteroatoms. The van der Waals surface area contributed by atoms with Crippen molar-refractivity contribution in [3.8, 4) is 5.75 Å². The van der Waals surface area contributed by atoms with Crippen molar-refractivity contribution in [2.75, 3.05) is 27.2 Å². The second-order valence-electron chi connectivity index (χ2n) is 4.37. The van der Waals surface area contributed by atoms with Crippen LogP contribution in [-0.4, -0.2) is 38.4 Å². The van der Waals surface area contributed by atoms with Crippen LogP contribution in [0, 0.1) is 5.92 Å². The number of likely N-dealkylation sites (tertiary alicyclic amines) is 1. The molecule has 0 radical (unpaired) electrons. The van der Waals surface area contributed by atoms with Gasteiger partial charge in [-0.25, -0.2) is 0 Å². The number of benzene rings is 1. The zero-order valence-corrected chi connectivity index (χ0v) is 9.72. The summed E-state index contributed by atoms with van der Waals surface area (Å²) in [5, 5.41) is 0. The summed E-state index contributed by atoms with van der Waals surface area (Å²) in [7, 11) is 3.72. The van der Waals surface area contributed by atoms with Gasteiger partial charge in [0.1, 0.15) is 12.0 Å². The van der Waals surface area contributed by atoms with E-state index in [4.69, 9.17) is 4.74 Å². The van der Waals surface area contributed by atoms with Crippen LogP contribution in [0.5, 0.6) is 5.75 Å². The third kappa shape index (κ3) is 1.95. The zero-order valence-electron chi connectivity index (χ0n) is 9.72. The molecule has 0 N–H and O–H groups in total. The van der Waals surface area contributed by atoms with E-state index in [2.05, 4.69) is 11.0 Å². The molecule has 0 spiro atoms. The average molecular weight is 219 g/mol. The lowest BCUT2D eigenvalue weighted by molar-refractivity contribution is -0.111. The van der Waals surface area contributed by atoms with E-state index in [-0.39, 0.29) is 11.8 Å². The molecular weight excluding hydrogens is 202 g/mol. The van der Waals surface area contributed by atoms with Crippen LogP contribution in [0.1, 0.15) is 11.5 Å². The SMILES string of the molecule is COc1ccccc1[C@H]1CN(C)C[C@@H]1C=O. The normalized spacial score (nSPS) is 25.6. The molecule has 0 saturated carbocycles. The van der Waals surface area contributed by atoms with Crippen LogP contribution in [0.25, 0.3) is 0 Å². The number of ether oxygens (including phenoxy) is 1. The van der Waals surface area contributed by atoms with Gasteiger partial charge >= 0.3 is 0 Å². The Morgan fingerprint density at radius 2 is 2.12 bits per heavy atom. The number of methoxy groups -OCH3 is 1. The second-order valence-corrected chi connectivity index (χ2v) is 4.37. The number of nitrogens with zero attached hydrogens (tertiary/aromatic N) is 1. The first-order valence-electron chi connectivity index (χ1n) is 5.53. The summed E-state index contributed by atoms with van der Waals surface area (Å²) in [5.74, 6) is 1.23. The first-order chi connectivity index (χ1) is 7.76. The number of aldehydes is 1. The van der Waals surface area contributed by atoms with Gasteiger partial charge in [0.15, 0.2) is 0 Å². The van der Waals surface area contributed by atoms with Gasteiger partial charge in [-0.3, -0.25) is 0 Å². The summed E-state index contributed by atoms with van der Waals surface area (Å²) < 4.78 is 5.35. The first kappa shape index (κ1) is 11.1. The minimum atomic E-state index is 0.0845. The first-order valence-corrected chi connectivity index (χ1v) is 5.53. The smallest absolute Gasteiger partial charge is 0.125 e. The number of carbonyl (C=O) groups is 1. The lowest BCUT2D eigenvalue weighted by Gasteiger charge is -2.17. The molecule has 0 amide bonds. The van der Waals surface area contributed by atoms with Gasteiger partial charge in [0, 0.05) is 24.9 Å². The van der Waals surface area contributed by atoms with Gasteiger partial charge in [-0.05, 0) is 18.7 Å². The van der Waals surface area contributed by atoms with Crippen molar-refractivity contribution < 1.29 is 9.53 Å². The van der Waals surface area contributed by atoms with Crippen LogP contribution in [0.3, 0.4) is 0 Å². The van der Waals surface area contributed by atoms with Gasteiger partial charge in [-0.1, -0.05) is 18.2 Å². The van der Waals surface area contributed by atoms with Crippen molar-refractivity contribution in [2.24, 2.45) is 5.92 Å². The molecule has 0 bridgehead atoms. The Bertz CT molecular complexity index is 378. The van der Waals surface area contributed by atoms with Crippen molar-refractivity contribution in [3.05, 3.63) is 29.8 Å². The highest BCUT2D eigenvalue weighted by Crippen LogP contribution is 2.35. The van der Waals surface area contributed by atoms with E-state index in [0.29, 0.717) is 0 Å². The lowest BCUT2D eigenvalue weighted by Crippen LogP contribution is -2.14. The maximum Gasteiger partial charge on any atom is 0.125 e. The van der Waals surface area contributed by atoms with Crippen LogP contribution >= 0.6 is 0 Å². The number of hydrogen-bond donors (Lipinski definition) is 0. The van der Waals surface area contributed by atoms with E-state index in [9.17, 15) is 4.79 Å². The predicted octanol–water partition coefficient (Wildman–Crippen LogP) is 1.54. The Morgan fingerprint density at radius 1 is 1.38 bits per heavy atom. The van der Waals surface area contributed by atoms with E-state index in [0.717, 1.165) is 30.7 Å². The van der Waals surface area contributed by atoms with E-state index < -0.39 is 0 Å².